The summed E-state index contributed by atoms with van der Waals surface area (Å²) in [5.41, 5.74) is -2.35. The monoisotopic (exact) mass is 658 g/mol. The van der Waals surface area contributed by atoms with Gasteiger partial charge in [-0.1, -0.05) is 0 Å². The molecule has 3 aromatic carbocycles. The van der Waals surface area contributed by atoms with Crippen LogP contribution in [-0.2, 0) is 19.0 Å². The fraction of sp³-hybridized carbons (Fsp3) is 0.233. The average Bonchev–Trinajstić information content (AvgIpc) is 2.98. The largest absolute Gasteiger partial charge is 0.508 e. The van der Waals surface area contributed by atoms with Crippen molar-refractivity contribution in [1.29, 1.82) is 0 Å². The molecule has 5 rings (SSSR count). The highest BCUT2D eigenvalue weighted by molar-refractivity contribution is 5.91. The van der Waals surface area contributed by atoms with Crippen LogP contribution in [0, 0.1) is 0 Å². The number of hydrogen-bond acceptors (Lipinski definition) is 17. The molecule has 0 aliphatic carbocycles. The Kier molecular flexibility index (Phi) is 8.27. The van der Waals surface area contributed by atoms with Gasteiger partial charge in [0.25, 0.3) is 0 Å². The number of rotatable bonds is 6. The van der Waals surface area contributed by atoms with Crippen LogP contribution in [0.4, 0.5) is 0 Å². The maximum atomic E-state index is 13.8. The third kappa shape index (κ3) is 5.99. The number of phenols is 8. The smallest absolute Gasteiger partial charge is 0.339 e. The van der Waals surface area contributed by atoms with E-state index in [1.807, 2.05) is 0 Å². The summed E-state index contributed by atoms with van der Waals surface area (Å²) in [7, 11) is 0. The van der Waals surface area contributed by atoms with Crippen LogP contribution in [0.3, 0.4) is 0 Å². The third-order valence-electron chi connectivity index (χ3n) is 7.09. The summed E-state index contributed by atoms with van der Waals surface area (Å²) in [6.07, 6.45) is -8.50. The number of aliphatic hydroxyl groups is 1. The first kappa shape index (κ1) is 32.3. The molecule has 0 spiro atoms. The van der Waals surface area contributed by atoms with Gasteiger partial charge in [0.15, 0.2) is 52.5 Å². The van der Waals surface area contributed by atoms with Crippen molar-refractivity contribution in [2.24, 2.45) is 0 Å². The molecule has 4 aromatic rings. The van der Waals surface area contributed by atoms with Gasteiger partial charge >= 0.3 is 11.9 Å². The van der Waals surface area contributed by atoms with E-state index in [-0.39, 0.29) is 5.56 Å². The van der Waals surface area contributed by atoms with E-state index in [9.17, 15) is 60.3 Å². The molecule has 0 amide bonds. The molecule has 2 heterocycles. The molecule has 1 aliphatic rings. The van der Waals surface area contributed by atoms with E-state index >= 15 is 0 Å². The van der Waals surface area contributed by atoms with Crippen LogP contribution >= 0.6 is 0 Å². The van der Waals surface area contributed by atoms with E-state index < -0.39 is 122 Å². The zero-order valence-corrected chi connectivity index (χ0v) is 24.1. The molecule has 1 aliphatic heterocycles. The minimum Gasteiger partial charge on any atom is -0.508 e. The van der Waals surface area contributed by atoms with Crippen molar-refractivity contribution >= 4 is 22.9 Å². The normalized spacial score (nSPS) is 20.9. The van der Waals surface area contributed by atoms with Gasteiger partial charge in [0.1, 0.15) is 28.6 Å². The van der Waals surface area contributed by atoms with Crippen LogP contribution in [0.25, 0.3) is 22.3 Å². The van der Waals surface area contributed by atoms with Crippen molar-refractivity contribution in [3.63, 3.8) is 0 Å². The van der Waals surface area contributed by atoms with Gasteiger partial charge in [0.2, 0.25) is 17.5 Å². The summed E-state index contributed by atoms with van der Waals surface area (Å²) in [5, 5.41) is 90.6. The Labute approximate surface area is 261 Å². The first-order chi connectivity index (χ1) is 22.1. The van der Waals surface area contributed by atoms with E-state index in [4.69, 9.17) is 23.4 Å². The molecular formula is C30H26O17. The van der Waals surface area contributed by atoms with Gasteiger partial charge in [-0.2, -0.15) is 0 Å². The molecule has 0 bridgehead atoms. The molecule has 1 aromatic heterocycles. The molecule has 17 heteroatoms. The highest BCUT2D eigenvalue weighted by Crippen LogP contribution is 2.43. The number of benzene rings is 3. The number of carbonyl (C=O) groups excluding carboxylic acids is 2. The van der Waals surface area contributed by atoms with Crippen molar-refractivity contribution in [3.8, 4) is 63.1 Å². The van der Waals surface area contributed by atoms with E-state index in [2.05, 4.69) is 0 Å². The lowest BCUT2D eigenvalue weighted by atomic mass is 9.99. The molecular weight excluding hydrogens is 632 g/mol. The van der Waals surface area contributed by atoms with Crippen LogP contribution in [0.1, 0.15) is 24.2 Å². The SMILES string of the molecule is CC(=O)O[C@@H]1[C@@H](O)[C@@H](OC(=O)c2cc(O)c(O)c(O)c2)[C@H](Oc2c(-c3cc(O)c(O)c(O)c3)oc3cc(O)cc(O)c3c2=O)O[C@H]1C. The van der Waals surface area contributed by atoms with Crippen molar-refractivity contribution in [1.82, 2.24) is 0 Å². The Morgan fingerprint density at radius 1 is 0.766 bits per heavy atom. The van der Waals surface area contributed by atoms with Crippen molar-refractivity contribution in [2.75, 3.05) is 0 Å². The molecule has 0 radical (unpaired) electrons. The molecule has 17 nitrogen and oxygen atoms in total. The molecule has 9 N–H and O–H groups in total. The number of aliphatic hydroxyl groups excluding tert-OH is 1. The van der Waals surface area contributed by atoms with Gasteiger partial charge in [-0.3, -0.25) is 9.59 Å². The number of hydrogen-bond donors (Lipinski definition) is 9. The van der Waals surface area contributed by atoms with Crippen LogP contribution in [0.5, 0.6) is 51.7 Å². The first-order valence-corrected chi connectivity index (χ1v) is 13.5. The zero-order valence-electron chi connectivity index (χ0n) is 24.1. The second-order valence-electron chi connectivity index (χ2n) is 10.4. The Balaban J connectivity index is 1.66. The minimum absolute atomic E-state index is 0.291. The Morgan fingerprint density at radius 3 is 1.91 bits per heavy atom. The summed E-state index contributed by atoms with van der Waals surface area (Å²) < 4.78 is 27.9. The second kappa shape index (κ2) is 12.0. The van der Waals surface area contributed by atoms with E-state index in [0.717, 1.165) is 43.3 Å². The number of carbonyl (C=O) groups is 2. The lowest BCUT2D eigenvalue weighted by Gasteiger charge is -2.42. The Bertz CT molecular complexity index is 1920. The van der Waals surface area contributed by atoms with Gasteiger partial charge in [0, 0.05) is 24.6 Å². The zero-order chi connectivity index (χ0) is 34.5. The molecule has 0 unspecified atom stereocenters. The minimum atomic E-state index is -1.96. The molecule has 47 heavy (non-hydrogen) atoms. The fourth-order valence-electron chi connectivity index (χ4n) is 4.90. The molecule has 0 saturated carbocycles. The number of phenolic OH excluding ortho intramolecular Hbond substituents is 8. The Hall–Kier alpha value is -6.07. The fourth-order valence-corrected chi connectivity index (χ4v) is 4.90. The van der Waals surface area contributed by atoms with Gasteiger partial charge < -0.3 is 69.3 Å². The number of aromatic hydroxyl groups is 8. The maximum Gasteiger partial charge on any atom is 0.339 e. The molecule has 1 saturated heterocycles. The van der Waals surface area contributed by atoms with E-state index in [0.29, 0.717) is 0 Å². The van der Waals surface area contributed by atoms with Crippen LogP contribution in [-0.4, -0.2) is 88.6 Å². The van der Waals surface area contributed by atoms with Crippen molar-refractivity contribution in [2.45, 2.75) is 44.6 Å². The van der Waals surface area contributed by atoms with Gasteiger partial charge in [-0.15, -0.1) is 0 Å². The standard InChI is InChI=1S/C30H26O17/c1-9-25(44-10(2)31)24(41)28(46-29(42)12-5-17(36)22(39)18(37)6-12)30(43-9)47-27-23(40)20-14(33)7-13(32)8-19(20)45-26(27)11-3-15(34)21(38)16(35)4-11/h3-9,24-25,28,30,32-39,41H,1-2H3/t9-,24+,25-,28+,30-/m0/s1. The average molecular weight is 659 g/mol. The van der Waals surface area contributed by atoms with Crippen LogP contribution < -0.4 is 10.2 Å². The van der Waals surface area contributed by atoms with Gasteiger partial charge in [-0.25, -0.2) is 4.79 Å². The number of esters is 2. The van der Waals surface area contributed by atoms with Crippen molar-refractivity contribution in [3.05, 3.63) is 52.2 Å². The summed E-state index contributed by atoms with van der Waals surface area (Å²) in [6, 6.07) is 4.98. The topological polar surface area (TPSA) is 283 Å². The van der Waals surface area contributed by atoms with Crippen LogP contribution in [0.15, 0.2) is 45.6 Å². The quantitative estimate of drug-likeness (QED) is 0.105. The first-order valence-electron chi connectivity index (χ1n) is 13.5. The maximum absolute atomic E-state index is 13.8. The summed E-state index contributed by atoms with van der Waals surface area (Å²) in [4.78, 5) is 38.7. The van der Waals surface area contributed by atoms with Gasteiger partial charge in [0.05, 0.1) is 11.7 Å². The lowest BCUT2D eigenvalue weighted by molar-refractivity contribution is -0.271. The van der Waals surface area contributed by atoms with Crippen molar-refractivity contribution < 1.29 is 78.9 Å². The second-order valence-corrected chi connectivity index (χ2v) is 10.4. The number of ether oxygens (including phenoxy) is 4. The lowest BCUT2D eigenvalue weighted by Crippen LogP contribution is -2.61. The van der Waals surface area contributed by atoms with E-state index in [1.165, 1.54) is 6.92 Å². The molecule has 5 atom stereocenters. The highest BCUT2D eigenvalue weighted by atomic mass is 16.7. The highest BCUT2D eigenvalue weighted by Gasteiger charge is 2.49. The third-order valence-corrected chi connectivity index (χ3v) is 7.09. The summed E-state index contributed by atoms with van der Waals surface area (Å²) in [5.74, 6) is -10.2. The molecule has 1 fully saturated rings. The molecule has 248 valence electrons. The predicted octanol–water partition coefficient (Wildman–Crippen LogP) is 1.75. The van der Waals surface area contributed by atoms with Gasteiger partial charge in [-0.05, 0) is 31.2 Å². The van der Waals surface area contributed by atoms with E-state index in [1.54, 1.807) is 0 Å². The summed E-state index contributed by atoms with van der Waals surface area (Å²) >= 11 is 0. The predicted molar refractivity (Wildman–Crippen MR) is 153 cm³/mol. The summed E-state index contributed by atoms with van der Waals surface area (Å²) in [6.45, 7) is 2.38. The number of fused-ring (bicyclic) bond motifs is 1. The Morgan fingerprint density at radius 2 is 1.34 bits per heavy atom. The van der Waals surface area contributed by atoms with Crippen LogP contribution in [0.2, 0.25) is 0 Å².